The first-order chi connectivity index (χ1) is 8.51. The molecule has 0 aliphatic rings. The van der Waals surface area contributed by atoms with E-state index >= 15 is 0 Å². The third kappa shape index (κ3) is 3.42. The minimum atomic E-state index is -1.46. The maximum atomic E-state index is 9.59. The average molecular weight is 260 g/mol. The van der Waals surface area contributed by atoms with E-state index in [0.29, 0.717) is 0 Å². The van der Waals surface area contributed by atoms with E-state index in [1.807, 2.05) is 0 Å². The second-order valence-corrected chi connectivity index (χ2v) is 3.76. The lowest BCUT2D eigenvalue weighted by atomic mass is 10.1. The number of hydrogen-bond donors (Lipinski definition) is 6. The smallest absolute Gasteiger partial charge is 0.126 e. The van der Waals surface area contributed by atoms with Crippen molar-refractivity contribution >= 4 is 0 Å². The van der Waals surface area contributed by atoms with Gasteiger partial charge in [-0.15, -0.1) is 0 Å². The molecular formula is C10H16N2O6. The Morgan fingerprint density at radius 3 is 1.56 bits per heavy atom. The van der Waals surface area contributed by atoms with Crippen LogP contribution in [0.3, 0.4) is 0 Å². The van der Waals surface area contributed by atoms with Gasteiger partial charge in [0.05, 0.1) is 37.0 Å². The molecule has 0 spiro atoms. The van der Waals surface area contributed by atoms with Crippen molar-refractivity contribution < 1.29 is 30.6 Å². The molecule has 0 bridgehead atoms. The van der Waals surface area contributed by atoms with E-state index in [2.05, 4.69) is 9.97 Å². The highest BCUT2D eigenvalue weighted by atomic mass is 16.4. The first kappa shape index (κ1) is 14.9. The lowest BCUT2D eigenvalue weighted by Crippen LogP contribution is -2.26. The number of aliphatic hydroxyl groups excluding tert-OH is 6. The van der Waals surface area contributed by atoms with E-state index in [4.69, 9.17) is 10.2 Å². The Balaban J connectivity index is 2.91. The number of rotatable bonds is 6. The van der Waals surface area contributed by atoms with Gasteiger partial charge in [-0.1, -0.05) is 0 Å². The van der Waals surface area contributed by atoms with Crippen molar-refractivity contribution in [3.8, 4) is 0 Å². The van der Waals surface area contributed by atoms with Gasteiger partial charge in [0, 0.05) is 0 Å². The largest absolute Gasteiger partial charge is 0.394 e. The van der Waals surface area contributed by atoms with Gasteiger partial charge in [0.2, 0.25) is 0 Å². The van der Waals surface area contributed by atoms with Gasteiger partial charge in [-0.05, 0) is 0 Å². The van der Waals surface area contributed by atoms with Crippen LogP contribution in [-0.4, -0.2) is 66.0 Å². The Kier molecular flexibility index (Phi) is 5.54. The second-order valence-electron chi connectivity index (χ2n) is 3.76. The SMILES string of the molecule is OC[C@@H](O)[C@H](O)c1cncc([C@@H](O)[C@H](O)CO)n1. The van der Waals surface area contributed by atoms with Crippen LogP contribution in [0.15, 0.2) is 12.4 Å². The van der Waals surface area contributed by atoms with Crippen LogP contribution in [0.4, 0.5) is 0 Å². The molecule has 1 aromatic rings. The molecule has 1 heterocycles. The normalized spacial score (nSPS) is 18.1. The maximum Gasteiger partial charge on any atom is 0.126 e. The summed E-state index contributed by atoms with van der Waals surface area (Å²) in [6.45, 7) is -1.32. The maximum absolute atomic E-state index is 9.59. The van der Waals surface area contributed by atoms with E-state index < -0.39 is 37.6 Å². The van der Waals surface area contributed by atoms with Crippen LogP contribution in [0.2, 0.25) is 0 Å². The van der Waals surface area contributed by atoms with Gasteiger partial charge in [0.1, 0.15) is 24.4 Å². The van der Waals surface area contributed by atoms with Crippen molar-refractivity contribution in [3.63, 3.8) is 0 Å². The van der Waals surface area contributed by atoms with Gasteiger partial charge in [-0.3, -0.25) is 4.98 Å². The summed E-state index contributed by atoms with van der Waals surface area (Å²) in [5.74, 6) is 0. The van der Waals surface area contributed by atoms with Crippen molar-refractivity contribution in [3.05, 3.63) is 23.8 Å². The molecule has 0 aliphatic heterocycles. The van der Waals surface area contributed by atoms with Crippen LogP contribution in [-0.2, 0) is 0 Å². The molecule has 6 N–H and O–H groups in total. The molecule has 8 nitrogen and oxygen atoms in total. The minimum absolute atomic E-state index is 0.0572. The molecule has 0 aromatic carbocycles. The highest BCUT2D eigenvalue weighted by Crippen LogP contribution is 2.18. The molecule has 0 radical (unpaired) electrons. The van der Waals surface area contributed by atoms with Crippen molar-refractivity contribution in [1.82, 2.24) is 9.97 Å². The number of aromatic nitrogens is 2. The molecule has 0 aliphatic carbocycles. The zero-order valence-corrected chi connectivity index (χ0v) is 9.46. The standard InChI is InChI=1S/C10H16N2O6/c13-3-7(15)9(17)5-1-11-2-6(12-5)10(18)8(16)4-14/h1-2,7-10,13-18H,3-4H2/t7-,8-,9-,10-/m1/s1. The molecule has 1 rings (SSSR count). The summed E-state index contributed by atoms with van der Waals surface area (Å²) in [7, 11) is 0. The van der Waals surface area contributed by atoms with Gasteiger partial charge in [-0.25, -0.2) is 4.98 Å². The number of hydrogen-bond acceptors (Lipinski definition) is 8. The molecule has 0 unspecified atom stereocenters. The Morgan fingerprint density at radius 2 is 1.22 bits per heavy atom. The Hall–Kier alpha value is -1.16. The van der Waals surface area contributed by atoms with Gasteiger partial charge in [-0.2, -0.15) is 0 Å². The molecule has 8 heteroatoms. The summed E-state index contributed by atoms with van der Waals surface area (Å²) in [5.41, 5.74) is -0.114. The van der Waals surface area contributed by atoms with Crippen LogP contribution in [0.5, 0.6) is 0 Å². The summed E-state index contributed by atoms with van der Waals surface area (Å²) < 4.78 is 0. The molecule has 18 heavy (non-hydrogen) atoms. The lowest BCUT2D eigenvalue weighted by molar-refractivity contribution is -0.0230. The third-order valence-corrected chi connectivity index (χ3v) is 2.38. The Bertz CT molecular complexity index is 346. The summed E-state index contributed by atoms with van der Waals surface area (Å²) in [6.07, 6.45) is -3.44. The number of aliphatic hydroxyl groups is 6. The van der Waals surface area contributed by atoms with Gasteiger partial charge >= 0.3 is 0 Å². The molecule has 0 saturated heterocycles. The van der Waals surface area contributed by atoms with Gasteiger partial charge < -0.3 is 30.6 Å². The van der Waals surface area contributed by atoms with Gasteiger partial charge in [0.25, 0.3) is 0 Å². The zero-order chi connectivity index (χ0) is 13.7. The van der Waals surface area contributed by atoms with Gasteiger partial charge in [0.15, 0.2) is 0 Å². The fourth-order valence-electron chi connectivity index (χ4n) is 1.28. The van der Waals surface area contributed by atoms with E-state index in [0.717, 1.165) is 12.4 Å². The molecule has 4 atom stereocenters. The molecular weight excluding hydrogens is 244 g/mol. The summed E-state index contributed by atoms with van der Waals surface area (Å²) in [5, 5.41) is 55.0. The average Bonchev–Trinajstić information content (AvgIpc) is 2.43. The van der Waals surface area contributed by atoms with Crippen molar-refractivity contribution in [1.29, 1.82) is 0 Å². The first-order valence-electron chi connectivity index (χ1n) is 5.27. The van der Waals surface area contributed by atoms with Crippen molar-refractivity contribution in [2.45, 2.75) is 24.4 Å². The van der Waals surface area contributed by atoms with Crippen LogP contribution < -0.4 is 0 Å². The van der Waals surface area contributed by atoms with Crippen LogP contribution in [0.1, 0.15) is 23.6 Å². The molecule has 1 aromatic heterocycles. The third-order valence-electron chi connectivity index (χ3n) is 2.38. The monoisotopic (exact) mass is 260 g/mol. The van der Waals surface area contributed by atoms with E-state index in [9.17, 15) is 20.4 Å². The lowest BCUT2D eigenvalue weighted by Gasteiger charge is -2.18. The fraction of sp³-hybridized carbons (Fsp3) is 0.600. The highest BCUT2D eigenvalue weighted by Gasteiger charge is 2.23. The van der Waals surface area contributed by atoms with Crippen LogP contribution >= 0.6 is 0 Å². The quantitative estimate of drug-likeness (QED) is 0.322. The predicted octanol–water partition coefficient (Wildman–Crippen LogP) is -2.75. The summed E-state index contributed by atoms with van der Waals surface area (Å²) >= 11 is 0. The molecule has 102 valence electrons. The first-order valence-corrected chi connectivity index (χ1v) is 5.27. The van der Waals surface area contributed by atoms with Crippen molar-refractivity contribution in [2.24, 2.45) is 0 Å². The second kappa shape index (κ2) is 6.69. The van der Waals surface area contributed by atoms with Crippen LogP contribution in [0.25, 0.3) is 0 Å². The Morgan fingerprint density at radius 1 is 0.833 bits per heavy atom. The highest BCUT2D eigenvalue weighted by molar-refractivity contribution is 5.10. The van der Waals surface area contributed by atoms with Crippen LogP contribution in [0, 0.1) is 0 Å². The Labute approximate surface area is 103 Å². The number of nitrogens with zero attached hydrogens (tertiary/aromatic N) is 2. The molecule has 0 fully saturated rings. The summed E-state index contributed by atoms with van der Waals surface area (Å²) in [6, 6.07) is 0. The predicted molar refractivity (Wildman–Crippen MR) is 58.1 cm³/mol. The minimum Gasteiger partial charge on any atom is -0.394 e. The molecule has 0 amide bonds. The topological polar surface area (TPSA) is 147 Å². The van der Waals surface area contributed by atoms with Crippen molar-refractivity contribution in [2.75, 3.05) is 13.2 Å². The fourth-order valence-corrected chi connectivity index (χ4v) is 1.28. The zero-order valence-electron chi connectivity index (χ0n) is 9.46. The van der Waals surface area contributed by atoms with E-state index in [1.54, 1.807) is 0 Å². The summed E-state index contributed by atoms with van der Waals surface area (Å²) in [4.78, 5) is 7.50. The van der Waals surface area contributed by atoms with E-state index in [-0.39, 0.29) is 11.4 Å². The molecule has 0 saturated carbocycles. The van der Waals surface area contributed by atoms with E-state index in [1.165, 1.54) is 0 Å².